The number of urea groups is 1. The highest BCUT2D eigenvalue weighted by atomic mass is 16.2. The quantitative estimate of drug-likeness (QED) is 0.686. The Bertz CT molecular complexity index is 1090. The van der Waals surface area contributed by atoms with E-state index in [4.69, 9.17) is 10.4 Å². The van der Waals surface area contributed by atoms with Gasteiger partial charge in [0.1, 0.15) is 5.82 Å². The van der Waals surface area contributed by atoms with Gasteiger partial charge in [0.2, 0.25) is 0 Å². The number of carbonyl (C=O) groups excluding carboxylic acids is 1. The SMILES string of the molecule is CC(C)n1nc(-c2ccccc2)cc1NC(=O)N1CCc2c(CC#N)cccc2C1. The van der Waals surface area contributed by atoms with E-state index in [0.717, 1.165) is 28.8 Å². The molecule has 0 bridgehead atoms. The van der Waals surface area contributed by atoms with Crippen molar-refractivity contribution in [3.05, 3.63) is 71.3 Å². The van der Waals surface area contributed by atoms with Gasteiger partial charge in [0.25, 0.3) is 0 Å². The summed E-state index contributed by atoms with van der Waals surface area (Å²) in [4.78, 5) is 14.8. The van der Waals surface area contributed by atoms with Crippen molar-refractivity contribution in [1.29, 1.82) is 5.26 Å². The van der Waals surface area contributed by atoms with Crippen LogP contribution < -0.4 is 5.32 Å². The molecule has 0 radical (unpaired) electrons. The maximum Gasteiger partial charge on any atom is 0.323 e. The first-order valence-electron chi connectivity index (χ1n) is 10.2. The minimum Gasteiger partial charge on any atom is -0.320 e. The van der Waals surface area contributed by atoms with Crippen LogP contribution in [0.3, 0.4) is 0 Å². The molecule has 2 amide bonds. The molecule has 1 aliphatic rings. The van der Waals surface area contributed by atoms with Gasteiger partial charge >= 0.3 is 6.03 Å². The van der Waals surface area contributed by atoms with Gasteiger partial charge < -0.3 is 4.90 Å². The first kappa shape index (κ1) is 19.7. The first-order chi connectivity index (χ1) is 14.6. The Morgan fingerprint density at radius 3 is 2.73 bits per heavy atom. The number of nitrogens with one attached hydrogen (secondary N) is 1. The molecule has 3 aromatic rings. The summed E-state index contributed by atoms with van der Waals surface area (Å²) in [5, 5.41) is 16.8. The molecule has 0 unspecified atom stereocenters. The minimum absolute atomic E-state index is 0.119. The fraction of sp³-hybridized carbons (Fsp3) is 0.292. The number of nitrogens with zero attached hydrogens (tertiary/aromatic N) is 4. The van der Waals surface area contributed by atoms with E-state index >= 15 is 0 Å². The van der Waals surface area contributed by atoms with E-state index in [9.17, 15) is 4.79 Å². The molecular weight excluding hydrogens is 374 g/mol. The molecule has 0 aliphatic carbocycles. The summed E-state index contributed by atoms with van der Waals surface area (Å²) >= 11 is 0. The van der Waals surface area contributed by atoms with Crippen molar-refractivity contribution in [3.8, 4) is 17.3 Å². The Morgan fingerprint density at radius 1 is 1.20 bits per heavy atom. The zero-order chi connectivity index (χ0) is 21.1. The summed E-state index contributed by atoms with van der Waals surface area (Å²) in [7, 11) is 0. The second kappa shape index (κ2) is 8.42. The second-order valence-corrected chi connectivity index (χ2v) is 7.81. The standard InChI is InChI=1S/C24H25N5O/c1-17(2)29-23(15-22(27-29)19-7-4-3-5-8-19)26-24(30)28-14-12-21-18(11-13-25)9-6-10-20(21)16-28/h3-10,15,17H,11-12,14,16H2,1-2H3,(H,26,30). The lowest BCUT2D eigenvalue weighted by molar-refractivity contribution is 0.206. The van der Waals surface area contributed by atoms with Gasteiger partial charge in [0.05, 0.1) is 18.2 Å². The van der Waals surface area contributed by atoms with Gasteiger partial charge in [-0.1, -0.05) is 48.5 Å². The van der Waals surface area contributed by atoms with Gasteiger partial charge in [-0.25, -0.2) is 9.48 Å². The largest absolute Gasteiger partial charge is 0.323 e. The van der Waals surface area contributed by atoms with E-state index in [1.807, 2.05) is 78.0 Å². The maximum atomic E-state index is 13.0. The third kappa shape index (κ3) is 3.92. The summed E-state index contributed by atoms with van der Waals surface area (Å²) in [6.45, 7) is 5.26. The highest BCUT2D eigenvalue weighted by molar-refractivity contribution is 5.89. The molecule has 1 aromatic heterocycles. The van der Waals surface area contributed by atoms with Gasteiger partial charge in [-0.2, -0.15) is 10.4 Å². The Kier molecular flexibility index (Phi) is 5.53. The third-order valence-corrected chi connectivity index (χ3v) is 5.45. The topological polar surface area (TPSA) is 74.0 Å². The molecule has 152 valence electrons. The number of rotatable bonds is 4. The second-order valence-electron chi connectivity index (χ2n) is 7.81. The van der Waals surface area contributed by atoms with Crippen LogP contribution in [0.5, 0.6) is 0 Å². The van der Waals surface area contributed by atoms with Crippen molar-refractivity contribution in [2.45, 2.75) is 39.3 Å². The first-order valence-corrected chi connectivity index (χ1v) is 10.2. The molecule has 30 heavy (non-hydrogen) atoms. The van der Waals surface area contributed by atoms with Crippen LogP contribution in [0.2, 0.25) is 0 Å². The van der Waals surface area contributed by atoms with Gasteiger partial charge in [-0.05, 0) is 37.0 Å². The molecule has 4 rings (SSSR count). The van der Waals surface area contributed by atoms with Crippen molar-refractivity contribution >= 4 is 11.8 Å². The van der Waals surface area contributed by atoms with Gasteiger partial charge in [0, 0.05) is 30.8 Å². The normalized spacial score (nSPS) is 13.1. The fourth-order valence-corrected chi connectivity index (χ4v) is 3.93. The number of nitriles is 1. The number of anilines is 1. The monoisotopic (exact) mass is 399 g/mol. The van der Waals surface area contributed by atoms with Crippen LogP contribution in [0.25, 0.3) is 11.3 Å². The number of carbonyl (C=O) groups is 1. The molecule has 1 aliphatic heterocycles. The van der Waals surface area contributed by atoms with Gasteiger partial charge in [-0.3, -0.25) is 5.32 Å². The molecule has 0 atom stereocenters. The van der Waals surface area contributed by atoms with Crippen molar-refractivity contribution < 1.29 is 4.79 Å². The van der Waals surface area contributed by atoms with E-state index in [0.29, 0.717) is 25.3 Å². The molecule has 2 aromatic carbocycles. The molecule has 1 N–H and O–H groups in total. The lowest BCUT2D eigenvalue weighted by atomic mass is 9.93. The maximum absolute atomic E-state index is 13.0. The number of hydrogen-bond donors (Lipinski definition) is 1. The Labute approximate surface area is 176 Å². The fourth-order valence-electron chi connectivity index (χ4n) is 3.93. The van der Waals surface area contributed by atoms with Crippen LogP contribution in [0.1, 0.15) is 36.6 Å². The lowest BCUT2D eigenvalue weighted by Crippen LogP contribution is -2.39. The third-order valence-electron chi connectivity index (χ3n) is 5.45. The minimum atomic E-state index is -0.132. The van der Waals surface area contributed by atoms with Crippen LogP contribution in [-0.2, 0) is 19.4 Å². The average Bonchev–Trinajstić information content (AvgIpc) is 3.18. The van der Waals surface area contributed by atoms with Crippen molar-refractivity contribution in [1.82, 2.24) is 14.7 Å². The summed E-state index contributed by atoms with van der Waals surface area (Å²) in [5.74, 6) is 0.692. The number of aromatic nitrogens is 2. The summed E-state index contributed by atoms with van der Waals surface area (Å²) in [6.07, 6.45) is 1.17. The molecule has 0 saturated carbocycles. The zero-order valence-corrected chi connectivity index (χ0v) is 17.3. The molecule has 2 heterocycles. The zero-order valence-electron chi connectivity index (χ0n) is 17.3. The summed E-state index contributed by atoms with van der Waals surface area (Å²) < 4.78 is 1.85. The van der Waals surface area contributed by atoms with E-state index in [1.165, 1.54) is 5.56 Å². The van der Waals surface area contributed by atoms with E-state index < -0.39 is 0 Å². The van der Waals surface area contributed by atoms with Crippen molar-refractivity contribution in [2.75, 3.05) is 11.9 Å². The Balaban J connectivity index is 1.54. The highest BCUT2D eigenvalue weighted by Gasteiger charge is 2.24. The Hall–Kier alpha value is -3.59. The summed E-state index contributed by atoms with van der Waals surface area (Å²) in [5.41, 5.74) is 5.25. The molecule has 6 nitrogen and oxygen atoms in total. The van der Waals surface area contributed by atoms with Gasteiger partial charge in [0.15, 0.2) is 0 Å². The predicted molar refractivity (Wildman–Crippen MR) is 117 cm³/mol. The number of amides is 2. The molecule has 6 heteroatoms. The average molecular weight is 399 g/mol. The van der Waals surface area contributed by atoms with Crippen molar-refractivity contribution in [2.24, 2.45) is 0 Å². The van der Waals surface area contributed by atoms with Crippen LogP contribution >= 0.6 is 0 Å². The van der Waals surface area contributed by atoms with Crippen molar-refractivity contribution in [3.63, 3.8) is 0 Å². The molecular formula is C24H25N5O. The molecule has 0 saturated heterocycles. The van der Waals surface area contributed by atoms with Crippen LogP contribution in [0, 0.1) is 11.3 Å². The smallest absolute Gasteiger partial charge is 0.320 e. The number of benzene rings is 2. The highest BCUT2D eigenvalue weighted by Crippen LogP contribution is 2.26. The van der Waals surface area contributed by atoms with E-state index in [2.05, 4.69) is 11.4 Å². The van der Waals surface area contributed by atoms with Crippen LogP contribution in [0.4, 0.5) is 10.6 Å². The molecule has 0 spiro atoms. The van der Waals surface area contributed by atoms with Crippen LogP contribution in [-0.4, -0.2) is 27.3 Å². The lowest BCUT2D eigenvalue weighted by Gasteiger charge is -2.30. The van der Waals surface area contributed by atoms with Crippen LogP contribution in [0.15, 0.2) is 54.6 Å². The Morgan fingerprint density at radius 2 is 2.00 bits per heavy atom. The number of hydrogen-bond acceptors (Lipinski definition) is 3. The van der Waals surface area contributed by atoms with Gasteiger partial charge in [-0.15, -0.1) is 0 Å². The van der Waals surface area contributed by atoms with E-state index in [1.54, 1.807) is 0 Å². The summed E-state index contributed by atoms with van der Waals surface area (Å²) in [6, 6.07) is 20.1. The number of fused-ring (bicyclic) bond motifs is 1. The molecule has 0 fully saturated rings. The predicted octanol–water partition coefficient (Wildman–Crippen LogP) is 4.79. The van der Waals surface area contributed by atoms with E-state index in [-0.39, 0.29) is 12.1 Å².